The largest absolute Gasteiger partial charge is 0.481 e. The van der Waals surface area contributed by atoms with Crippen LogP contribution >= 0.6 is 0 Å². The van der Waals surface area contributed by atoms with Crippen LogP contribution in [0.4, 0.5) is 0 Å². The van der Waals surface area contributed by atoms with Crippen LogP contribution in [0, 0.1) is 0 Å². The van der Waals surface area contributed by atoms with Crippen molar-refractivity contribution in [3.63, 3.8) is 0 Å². The maximum atomic E-state index is 10.6. The lowest BCUT2D eigenvalue weighted by Gasteiger charge is -2.16. The van der Waals surface area contributed by atoms with Crippen molar-refractivity contribution < 1.29 is 19.8 Å². The van der Waals surface area contributed by atoms with Gasteiger partial charge in [0.2, 0.25) is 0 Å². The number of carbonyl (C=O) groups is 2. The van der Waals surface area contributed by atoms with E-state index < -0.39 is 30.4 Å². The first-order chi connectivity index (χ1) is 7.02. The van der Waals surface area contributed by atoms with E-state index in [1.165, 1.54) is 0 Å². The van der Waals surface area contributed by atoms with Crippen LogP contribution in [-0.2, 0) is 9.59 Å². The molecule has 0 spiro atoms. The van der Waals surface area contributed by atoms with Crippen LogP contribution in [0.2, 0.25) is 0 Å². The maximum Gasteiger partial charge on any atom is 0.322 e. The lowest BCUT2D eigenvalue weighted by atomic mass is 10.1. The van der Waals surface area contributed by atoms with Gasteiger partial charge in [-0.1, -0.05) is 0 Å². The number of aliphatic carboxylic acids is 2. The van der Waals surface area contributed by atoms with E-state index in [0.29, 0.717) is 0 Å². The van der Waals surface area contributed by atoms with Gasteiger partial charge in [-0.05, 0) is 5.21 Å². The number of aromatic nitrogens is 4. The fraction of sp³-hybridized carbons (Fsp3) is 0.500. The quantitative estimate of drug-likeness (QED) is 0.516. The second kappa shape index (κ2) is 4.46. The van der Waals surface area contributed by atoms with Crippen molar-refractivity contribution in [1.82, 2.24) is 20.2 Å². The zero-order chi connectivity index (χ0) is 11.4. The highest BCUT2D eigenvalue weighted by molar-refractivity contribution is 5.75. The van der Waals surface area contributed by atoms with Crippen molar-refractivity contribution in [2.75, 3.05) is 0 Å². The molecular weight excluding hydrogens is 206 g/mol. The Bertz CT molecular complexity index is 350. The predicted molar refractivity (Wildman–Crippen MR) is 44.7 cm³/mol. The Morgan fingerprint density at radius 1 is 1.47 bits per heavy atom. The first-order valence-electron chi connectivity index (χ1n) is 3.95. The minimum absolute atomic E-state index is 0.482. The van der Waals surface area contributed by atoms with Gasteiger partial charge < -0.3 is 15.9 Å². The third-order valence-corrected chi connectivity index (χ3v) is 1.74. The summed E-state index contributed by atoms with van der Waals surface area (Å²) in [5.74, 6) is -2.51. The fourth-order valence-corrected chi connectivity index (χ4v) is 1.02. The molecule has 0 bridgehead atoms. The van der Waals surface area contributed by atoms with E-state index in [1.54, 1.807) is 0 Å². The molecule has 0 aliphatic rings. The first kappa shape index (κ1) is 11.0. The van der Waals surface area contributed by atoms with Gasteiger partial charge in [0, 0.05) is 0 Å². The molecule has 1 aromatic heterocycles. The van der Waals surface area contributed by atoms with Crippen molar-refractivity contribution in [3.05, 3.63) is 6.33 Å². The van der Waals surface area contributed by atoms with Gasteiger partial charge in [-0.25, -0.2) is 0 Å². The summed E-state index contributed by atoms with van der Waals surface area (Å²) in [4.78, 5) is 22.0. The molecular formula is C6H9N5O4. The van der Waals surface area contributed by atoms with E-state index in [2.05, 4.69) is 15.4 Å². The van der Waals surface area contributed by atoms with Gasteiger partial charge in [-0.15, -0.1) is 10.2 Å². The molecule has 1 heterocycles. The third-order valence-electron chi connectivity index (χ3n) is 1.74. The van der Waals surface area contributed by atoms with E-state index in [9.17, 15) is 9.59 Å². The molecule has 0 amide bonds. The van der Waals surface area contributed by atoms with Gasteiger partial charge in [-0.2, -0.15) is 4.80 Å². The summed E-state index contributed by atoms with van der Waals surface area (Å²) in [7, 11) is 0. The molecule has 0 aliphatic heterocycles. The summed E-state index contributed by atoms with van der Waals surface area (Å²) in [5, 5.41) is 27.6. The van der Waals surface area contributed by atoms with Crippen LogP contribution in [0.15, 0.2) is 6.33 Å². The minimum Gasteiger partial charge on any atom is -0.481 e. The molecule has 0 aliphatic carbocycles. The van der Waals surface area contributed by atoms with Crippen molar-refractivity contribution in [2.45, 2.75) is 18.5 Å². The van der Waals surface area contributed by atoms with Crippen molar-refractivity contribution >= 4 is 11.9 Å². The fourth-order valence-electron chi connectivity index (χ4n) is 1.02. The van der Waals surface area contributed by atoms with Gasteiger partial charge in [0.1, 0.15) is 12.1 Å². The molecule has 0 aromatic carbocycles. The Labute approximate surface area is 83.5 Å². The zero-order valence-electron chi connectivity index (χ0n) is 7.52. The Morgan fingerprint density at radius 3 is 2.53 bits per heavy atom. The van der Waals surface area contributed by atoms with Crippen LogP contribution in [-0.4, -0.2) is 48.4 Å². The van der Waals surface area contributed by atoms with Crippen LogP contribution in [0.5, 0.6) is 0 Å². The van der Waals surface area contributed by atoms with Gasteiger partial charge in [-0.3, -0.25) is 9.59 Å². The lowest BCUT2D eigenvalue weighted by Crippen LogP contribution is -2.41. The van der Waals surface area contributed by atoms with E-state index >= 15 is 0 Å². The van der Waals surface area contributed by atoms with Crippen LogP contribution in [0.3, 0.4) is 0 Å². The molecule has 15 heavy (non-hydrogen) atoms. The number of tetrazole rings is 1. The summed E-state index contributed by atoms with van der Waals surface area (Å²) in [6, 6.07) is -2.45. The van der Waals surface area contributed by atoms with Gasteiger partial charge >= 0.3 is 11.9 Å². The molecule has 0 radical (unpaired) electrons. The van der Waals surface area contributed by atoms with Crippen LogP contribution in [0.1, 0.15) is 12.5 Å². The summed E-state index contributed by atoms with van der Waals surface area (Å²) < 4.78 is 0. The number of hydrogen-bond acceptors (Lipinski definition) is 6. The SMILES string of the molecule is N[C@H](C(=O)O)C(CC(=O)O)n1ncnn1. The van der Waals surface area contributed by atoms with E-state index in [1.807, 2.05) is 0 Å². The van der Waals surface area contributed by atoms with Gasteiger partial charge in [0.15, 0.2) is 6.33 Å². The molecule has 9 nitrogen and oxygen atoms in total. The Hall–Kier alpha value is -2.03. The van der Waals surface area contributed by atoms with E-state index in [-0.39, 0.29) is 0 Å². The standard InChI is InChI=1S/C6H9N5O4/c7-5(6(14)15)3(1-4(12)13)11-9-2-8-10-11/h2-3,5H,1,7H2,(H,12,13)(H,14,15)/t3?,5-/m0/s1. The van der Waals surface area contributed by atoms with E-state index in [4.69, 9.17) is 15.9 Å². The molecule has 1 unspecified atom stereocenters. The number of hydrogen-bond donors (Lipinski definition) is 3. The lowest BCUT2D eigenvalue weighted by molar-refractivity contribution is -0.142. The van der Waals surface area contributed by atoms with Crippen LogP contribution < -0.4 is 5.73 Å². The summed E-state index contributed by atoms with van der Waals surface area (Å²) >= 11 is 0. The van der Waals surface area contributed by atoms with Crippen molar-refractivity contribution in [3.8, 4) is 0 Å². The van der Waals surface area contributed by atoms with Crippen LogP contribution in [0.25, 0.3) is 0 Å². The monoisotopic (exact) mass is 215 g/mol. The highest BCUT2D eigenvalue weighted by atomic mass is 16.4. The van der Waals surface area contributed by atoms with Crippen molar-refractivity contribution in [1.29, 1.82) is 0 Å². The zero-order valence-corrected chi connectivity index (χ0v) is 7.52. The second-order valence-electron chi connectivity index (χ2n) is 2.79. The summed E-state index contributed by atoms with van der Waals surface area (Å²) in [5.41, 5.74) is 5.31. The predicted octanol–water partition coefficient (Wildman–Crippen LogP) is -1.90. The number of carboxylic acids is 2. The van der Waals surface area contributed by atoms with Crippen molar-refractivity contribution in [2.24, 2.45) is 5.73 Å². The molecule has 4 N–H and O–H groups in total. The number of rotatable bonds is 5. The Balaban J connectivity index is 2.88. The topological polar surface area (TPSA) is 144 Å². The molecule has 0 fully saturated rings. The molecule has 82 valence electrons. The van der Waals surface area contributed by atoms with Gasteiger partial charge in [0.25, 0.3) is 0 Å². The Morgan fingerprint density at radius 2 is 2.13 bits per heavy atom. The minimum atomic E-state index is -1.39. The number of nitrogens with two attached hydrogens (primary N) is 1. The maximum absolute atomic E-state index is 10.6. The molecule has 2 atom stereocenters. The van der Waals surface area contributed by atoms with E-state index in [0.717, 1.165) is 11.1 Å². The smallest absolute Gasteiger partial charge is 0.322 e. The molecule has 0 saturated heterocycles. The highest BCUT2D eigenvalue weighted by Crippen LogP contribution is 2.12. The normalized spacial score (nSPS) is 14.5. The highest BCUT2D eigenvalue weighted by Gasteiger charge is 2.29. The first-order valence-corrected chi connectivity index (χ1v) is 3.95. The average Bonchev–Trinajstić information content (AvgIpc) is 2.65. The molecule has 1 aromatic rings. The molecule has 9 heteroatoms. The molecule has 1 rings (SSSR count). The summed E-state index contributed by atoms with van der Waals surface area (Å²) in [6.07, 6.45) is 0.591. The number of carboxylic acid groups (broad SMARTS) is 2. The number of nitrogens with zero attached hydrogens (tertiary/aromatic N) is 4. The third kappa shape index (κ3) is 2.71. The Kier molecular flexibility index (Phi) is 3.29. The average molecular weight is 215 g/mol. The van der Waals surface area contributed by atoms with Gasteiger partial charge in [0.05, 0.1) is 6.42 Å². The second-order valence-corrected chi connectivity index (χ2v) is 2.79. The molecule has 0 saturated carbocycles. The summed E-state index contributed by atoms with van der Waals surface area (Å²) in [6.45, 7) is 0.